The molecule has 0 amide bonds. The molecule has 4 nitrogen and oxygen atoms in total. The average Bonchev–Trinajstić information content (AvgIpc) is 2.77. The first-order chi connectivity index (χ1) is 15.1. The Bertz CT molecular complexity index is 1300. The van der Waals surface area contributed by atoms with Gasteiger partial charge in [0.05, 0.1) is 22.3 Å². The summed E-state index contributed by atoms with van der Waals surface area (Å²) in [7, 11) is 3.94. The van der Waals surface area contributed by atoms with Crippen molar-refractivity contribution in [1.82, 2.24) is 4.98 Å². The number of hydrogen-bond donors (Lipinski definition) is 1. The van der Waals surface area contributed by atoms with Gasteiger partial charge in [-0.25, -0.2) is 9.78 Å². The van der Waals surface area contributed by atoms with E-state index in [9.17, 15) is 23.1 Å². The molecule has 7 heteroatoms. The first kappa shape index (κ1) is 21.4. The molecule has 162 valence electrons. The largest absolute Gasteiger partial charge is 0.478 e. The van der Waals surface area contributed by atoms with Crippen LogP contribution in [0.5, 0.6) is 0 Å². The van der Waals surface area contributed by atoms with Gasteiger partial charge in [-0.1, -0.05) is 36.4 Å². The van der Waals surface area contributed by atoms with Crippen LogP contribution in [-0.4, -0.2) is 30.2 Å². The molecular weight excluding hydrogens is 417 g/mol. The number of nitrogens with zero attached hydrogens (tertiary/aromatic N) is 2. The van der Waals surface area contributed by atoms with Gasteiger partial charge in [0.1, 0.15) is 0 Å². The number of alkyl halides is 3. The Hall–Kier alpha value is -3.87. The lowest BCUT2D eigenvalue weighted by atomic mass is 9.99. The van der Waals surface area contributed by atoms with Gasteiger partial charge >= 0.3 is 12.1 Å². The molecule has 3 aromatic carbocycles. The molecule has 0 aliphatic carbocycles. The zero-order valence-corrected chi connectivity index (χ0v) is 17.3. The van der Waals surface area contributed by atoms with Crippen molar-refractivity contribution in [2.45, 2.75) is 6.18 Å². The molecule has 1 aromatic heterocycles. The number of aromatic nitrogens is 1. The van der Waals surface area contributed by atoms with Crippen LogP contribution in [0, 0.1) is 0 Å². The minimum absolute atomic E-state index is 0.0475. The summed E-state index contributed by atoms with van der Waals surface area (Å²) >= 11 is 0. The molecule has 0 fully saturated rings. The topological polar surface area (TPSA) is 53.4 Å². The summed E-state index contributed by atoms with van der Waals surface area (Å²) in [5.74, 6) is -1.31. The van der Waals surface area contributed by atoms with Crippen LogP contribution in [-0.2, 0) is 6.18 Å². The van der Waals surface area contributed by atoms with E-state index in [-0.39, 0.29) is 16.5 Å². The Labute approximate surface area is 182 Å². The van der Waals surface area contributed by atoms with E-state index >= 15 is 0 Å². The van der Waals surface area contributed by atoms with Crippen molar-refractivity contribution in [2.75, 3.05) is 19.0 Å². The van der Waals surface area contributed by atoms with Gasteiger partial charge < -0.3 is 10.0 Å². The molecule has 0 saturated heterocycles. The summed E-state index contributed by atoms with van der Waals surface area (Å²) in [6.45, 7) is 0. The number of halogens is 3. The molecule has 0 saturated carbocycles. The fourth-order valence-corrected chi connectivity index (χ4v) is 3.51. The second-order valence-corrected chi connectivity index (χ2v) is 7.61. The van der Waals surface area contributed by atoms with E-state index in [1.165, 1.54) is 12.1 Å². The number of hydrogen-bond acceptors (Lipinski definition) is 3. The third kappa shape index (κ3) is 4.14. The van der Waals surface area contributed by atoms with Crippen LogP contribution >= 0.6 is 0 Å². The molecule has 4 aromatic rings. The van der Waals surface area contributed by atoms with Crippen LogP contribution < -0.4 is 4.90 Å². The minimum Gasteiger partial charge on any atom is -0.478 e. The summed E-state index contributed by atoms with van der Waals surface area (Å²) in [6.07, 6.45) is -4.57. The molecule has 0 aliphatic heterocycles. The van der Waals surface area contributed by atoms with E-state index < -0.39 is 17.7 Å². The van der Waals surface area contributed by atoms with Crippen molar-refractivity contribution in [3.8, 4) is 22.4 Å². The normalized spacial score (nSPS) is 11.5. The second kappa shape index (κ2) is 8.00. The predicted octanol–water partition coefficient (Wildman–Crippen LogP) is 6.35. The van der Waals surface area contributed by atoms with E-state index in [1.807, 2.05) is 67.5 Å². The van der Waals surface area contributed by atoms with Crippen molar-refractivity contribution in [3.05, 3.63) is 83.9 Å². The van der Waals surface area contributed by atoms with Gasteiger partial charge in [-0.15, -0.1) is 0 Å². The molecule has 4 rings (SSSR count). The Balaban J connectivity index is 1.73. The standard InChI is InChI=1S/C25H19F3N2O2/c1-30(2)19-10-7-16(8-11-19)15-3-5-17(6-4-15)23-14-21(24(31)32)20-13-18(25(26,27)28)9-12-22(20)29-23/h3-14H,1-2H3,(H,31,32). The fraction of sp³-hybridized carbons (Fsp3) is 0.120. The summed E-state index contributed by atoms with van der Waals surface area (Å²) in [4.78, 5) is 18.2. The van der Waals surface area contributed by atoms with E-state index in [0.29, 0.717) is 11.3 Å². The first-order valence-electron chi connectivity index (χ1n) is 9.77. The summed E-state index contributed by atoms with van der Waals surface area (Å²) in [5.41, 5.74) is 3.20. The molecule has 0 atom stereocenters. The maximum Gasteiger partial charge on any atom is 0.416 e. The van der Waals surface area contributed by atoms with Crippen molar-refractivity contribution >= 4 is 22.6 Å². The molecule has 0 bridgehead atoms. The van der Waals surface area contributed by atoms with Crippen LogP contribution in [0.4, 0.5) is 18.9 Å². The van der Waals surface area contributed by atoms with Gasteiger partial charge in [0, 0.05) is 30.7 Å². The van der Waals surface area contributed by atoms with E-state index in [1.54, 1.807) is 0 Å². The third-order valence-electron chi connectivity index (χ3n) is 5.26. The van der Waals surface area contributed by atoms with E-state index in [2.05, 4.69) is 4.98 Å². The minimum atomic E-state index is -4.57. The fourth-order valence-electron chi connectivity index (χ4n) is 3.51. The highest BCUT2D eigenvalue weighted by Gasteiger charge is 2.31. The maximum absolute atomic E-state index is 13.1. The summed E-state index contributed by atoms with van der Waals surface area (Å²) < 4.78 is 39.2. The van der Waals surface area contributed by atoms with Gasteiger partial charge in [-0.3, -0.25) is 0 Å². The Kier molecular flexibility index (Phi) is 5.34. The van der Waals surface area contributed by atoms with Crippen molar-refractivity contribution in [2.24, 2.45) is 0 Å². The molecule has 0 radical (unpaired) electrons. The van der Waals surface area contributed by atoms with Crippen LogP contribution in [0.2, 0.25) is 0 Å². The Morgan fingerprint density at radius 3 is 1.94 bits per heavy atom. The third-order valence-corrected chi connectivity index (χ3v) is 5.26. The number of anilines is 1. The highest BCUT2D eigenvalue weighted by molar-refractivity contribution is 6.04. The number of fused-ring (bicyclic) bond motifs is 1. The van der Waals surface area contributed by atoms with Crippen molar-refractivity contribution in [3.63, 3.8) is 0 Å². The number of pyridine rings is 1. The van der Waals surface area contributed by atoms with Gasteiger partial charge in [-0.2, -0.15) is 13.2 Å². The van der Waals surface area contributed by atoms with Gasteiger partial charge in [-0.05, 0) is 47.5 Å². The van der Waals surface area contributed by atoms with Gasteiger partial charge in [0.2, 0.25) is 0 Å². The van der Waals surface area contributed by atoms with Crippen LogP contribution in [0.25, 0.3) is 33.3 Å². The zero-order chi connectivity index (χ0) is 23.0. The number of rotatable bonds is 4. The van der Waals surface area contributed by atoms with Crippen LogP contribution in [0.15, 0.2) is 72.8 Å². The molecule has 0 spiro atoms. The van der Waals surface area contributed by atoms with Gasteiger partial charge in [0.25, 0.3) is 0 Å². The van der Waals surface area contributed by atoms with Crippen LogP contribution in [0.3, 0.4) is 0 Å². The lowest BCUT2D eigenvalue weighted by molar-refractivity contribution is -0.137. The van der Waals surface area contributed by atoms with Crippen molar-refractivity contribution < 1.29 is 23.1 Å². The molecule has 0 unspecified atom stereocenters. The van der Waals surface area contributed by atoms with E-state index in [4.69, 9.17) is 0 Å². The molecule has 32 heavy (non-hydrogen) atoms. The Morgan fingerprint density at radius 2 is 1.41 bits per heavy atom. The lowest BCUT2D eigenvalue weighted by Gasteiger charge is -2.13. The number of carboxylic acid groups (broad SMARTS) is 1. The zero-order valence-electron chi connectivity index (χ0n) is 17.3. The first-order valence-corrected chi connectivity index (χ1v) is 9.77. The van der Waals surface area contributed by atoms with E-state index in [0.717, 1.165) is 28.9 Å². The smallest absolute Gasteiger partial charge is 0.416 e. The number of benzene rings is 3. The SMILES string of the molecule is CN(C)c1ccc(-c2ccc(-c3cc(C(=O)O)c4cc(C(F)(F)F)ccc4n3)cc2)cc1. The van der Waals surface area contributed by atoms with Crippen molar-refractivity contribution in [1.29, 1.82) is 0 Å². The number of aromatic carboxylic acids is 1. The number of carbonyl (C=O) groups is 1. The molecule has 1 N–H and O–H groups in total. The monoisotopic (exact) mass is 436 g/mol. The van der Waals surface area contributed by atoms with Crippen LogP contribution in [0.1, 0.15) is 15.9 Å². The molecule has 1 heterocycles. The highest BCUT2D eigenvalue weighted by Crippen LogP contribution is 2.34. The second-order valence-electron chi connectivity index (χ2n) is 7.61. The Morgan fingerprint density at radius 1 is 0.844 bits per heavy atom. The maximum atomic E-state index is 13.1. The molecule has 0 aliphatic rings. The summed E-state index contributed by atoms with van der Waals surface area (Å²) in [5, 5.41) is 9.54. The quantitative estimate of drug-likeness (QED) is 0.405. The molecular formula is C25H19F3N2O2. The predicted molar refractivity (Wildman–Crippen MR) is 119 cm³/mol. The summed E-state index contributed by atoms with van der Waals surface area (Å²) in [6, 6.07) is 19.8. The average molecular weight is 436 g/mol. The lowest BCUT2D eigenvalue weighted by Crippen LogP contribution is -2.07. The highest BCUT2D eigenvalue weighted by atomic mass is 19.4. The number of carboxylic acids is 1. The van der Waals surface area contributed by atoms with Gasteiger partial charge in [0.15, 0.2) is 0 Å².